The van der Waals surface area contributed by atoms with E-state index < -0.39 is 0 Å². The van der Waals surface area contributed by atoms with E-state index in [2.05, 4.69) is 52.2 Å². The first kappa shape index (κ1) is 12.2. The van der Waals surface area contributed by atoms with E-state index in [1.807, 2.05) is 24.1 Å². The van der Waals surface area contributed by atoms with Crippen molar-refractivity contribution in [2.75, 3.05) is 5.32 Å². The van der Waals surface area contributed by atoms with E-state index in [-0.39, 0.29) is 0 Å². The summed E-state index contributed by atoms with van der Waals surface area (Å²) in [5, 5.41) is 3.47. The SMILES string of the molecule is Cc1cc(Br)cc(C)c1NCc1cncn1C. The number of nitrogens with one attached hydrogen (secondary N) is 1. The van der Waals surface area contributed by atoms with E-state index in [1.165, 1.54) is 22.5 Å². The number of nitrogens with zero attached hydrogens (tertiary/aromatic N) is 2. The van der Waals surface area contributed by atoms with Crippen LogP contribution in [0.4, 0.5) is 5.69 Å². The van der Waals surface area contributed by atoms with E-state index in [0.717, 1.165) is 11.0 Å². The molecule has 1 aromatic carbocycles. The number of hydrogen-bond donors (Lipinski definition) is 1. The van der Waals surface area contributed by atoms with Crippen molar-refractivity contribution in [1.29, 1.82) is 0 Å². The molecule has 0 bridgehead atoms. The molecule has 0 radical (unpaired) electrons. The smallest absolute Gasteiger partial charge is 0.0946 e. The first-order valence-electron chi connectivity index (χ1n) is 5.53. The van der Waals surface area contributed by atoms with Crippen molar-refractivity contribution >= 4 is 21.6 Å². The summed E-state index contributed by atoms with van der Waals surface area (Å²) in [4.78, 5) is 4.11. The molecule has 0 fully saturated rings. The maximum Gasteiger partial charge on any atom is 0.0946 e. The molecule has 4 heteroatoms. The van der Waals surface area contributed by atoms with Gasteiger partial charge in [-0.3, -0.25) is 0 Å². The maximum atomic E-state index is 4.11. The largest absolute Gasteiger partial charge is 0.379 e. The Kier molecular flexibility index (Phi) is 3.52. The topological polar surface area (TPSA) is 29.9 Å². The molecule has 0 unspecified atom stereocenters. The Hall–Kier alpha value is -1.29. The molecule has 17 heavy (non-hydrogen) atoms. The molecule has 3 nitrogen and oxygen atoms in total. The third-order valence-electron chi connectivity index (χ3n) is 2.86. The Labute approximate surface area is 110 Å². The maximum absolute atomic E-state index is 4.11. The Morgan fingerprint density at radius 2 is 1.94 bits per heavy atom. The van der Waals surface area contributed by atoms with Crippen LogP contribution in [0.25, 0.3) is 0 Å². The summed E-state index contributed by atoms with van der Waals surface area (Å²) in [5.41, 5.74) is 4.87. The molecule has 0 amide bonds. The van der Waals surface area contributed by atoms with Gasteiger partial charge in [0.2, 0.25) is 0 Å². The predicted octanol–water partition coefficient (Wildman–Crippen LogP) is 3.41. The van der Waals surface area contributed by atoms with Gasteiger partial charge in [-0.25, -0.2) is 4.98 Å². The first-order valence-corrected chi connectivity index (χ1v) is 6.33. The van der Waals surface area contributed by atoms with Gasteiger partial charge in [0, 0.05) is 23.4 Å². The highest BCUT2D eigenvalue weighted by atomic mass is 79.9. The highest BCUT2D eigenvalue weighted by molar-refractivity contribution is 9.10. The van der Waals surface area contributed by atoms with Crippen molar-refractivity contribution in [2.45, 2.75) is 20.4 Å². The third kappa shape index (κ3) is 2.69. The van der Waals surface area contributed by atoms with Gasteiger partial charge in [0.25, 0.3) is 0 Å². The molecule has 0 aliphatic heterocycles. The van der Waals surface area contributed by atoms with Crippen LogP contribution in [0.1, 0.15) is 16.8 Å². The average molecular weight is 294 g/mol. The van der Waals surface area contributed by atoms with E-state index in [4.69, 9.17) is 0 Å². The van der Waals surface area contributed by atoms with Crippen LogP contribution in [-0.2, 0) is 13.6 Å². The number of halogens is 1. The lowest BCUT2D eigenvalue weighted by atomic mass is 10.1. The summed E-state index contributed by atoms with van der Waals surface area (Å²) in [7, 11) is 2.01. The summed E-state index contributed by atoms with van der Waals surface area (Å²) >= 11 is 3.51. The lowest BCUT2D eigenvalue weighted by Crippen LogP contribution is -2.06. The lowest BCUT2D eigenvalue weighted by Gasteiger charge is -2.13. The van der Waals surface area contributed by atoms with E-state index in [0.29, 0.717) is 0 Å². The van der Waals surface area contributed by atoms with Crippen LogP contribution >= 0.6 is 15.9 Å². The summed E-state index contributed by atoms with van der Waals surface area (Å²) < 4.78 is 3.15. The molecule has 0 aliphatic carbocycles. The molecular formula is C13H16BrN3. The summed E-state index contributed by atoms with van der Waals surface area (Å²) in [6.07, 6.45) is 3.70. The van der Waals surface area contributed by atoms with Crippen LogP contribution in [-0.4, -0.2) is 9.55 Å². The Morgan fingerprint density at radius 1 is 1.29 bits per heavy atom. The fourth-order valence-corrected chi connectivity index (χ4v) is 2.61. The van der Waals surface area contributed by atoms with Crippen molar-refractivity contribution in [1.82, 2.24) is 9.55 Å². The highest BCUT2D eigenvalue weighted by Crippen LogP contribution is 2.25. The van der Waals surface area contributed by atoms with Gasteiger partial charge in [0.05, 0.1) is 18.6 Å². The summed E-state index contributed by atoms with van der Waals surface area (Å²) in [6.45, 7) is 5.02. The fourth-order valence-electron chi connectivity index (χ4n) is 1.92. The Morgan fingerprint density at radius 3 is 2.47 bits per heavy atom. The van der Waals surface area contributed by atoms with Crippen LogP contribution in [0, 0.1) is 13.8 Å². The second-order valence-electron chi connectivity index (χ2n) is 4.26. The van der Waals surface area contributed by atoms with Gasteiger partial charge >= 0.3 is 0 Å². The normalized spacial score (nSPS) is 10.6. The van der Waals surface area contributed by atoms with Gasteiger partial charge in [-0.2, -0.15) is 0 Å². The van der Waals surface area contributed by atoms with Crippen molar-refractivity contribution in [3.63, 3.8) is 0 Å². The molecule has 2 aromatic rings. The zero-order valence-corrected chi connectivity index (χ0v) is 11.9. The number of imidazole rings is 1. The minimum atomic E-state index is 0.791. The number of hydrogen-bond acceptors (Lipinski definition) is 2. The van der Waals surface area contributed by atoms with Crippen molar-refractivity contribution in [3.05, 3.63) is 46.0 Å². The molecule has 1 heterocycles. The van der Waals surface area contributed by atoms with Gasteiger partial charge in [-0.1, -0.05) is 15.9 Å². The fraction of sp³-hybridized carbons (Fsp3) is 0.308. The number of aromatic nitrogens is 2. The Bertz CT molecular complexity index is 508. The third-order valence-corrected chi connectivity index (χ3v) is 3.32. The second-order valence-corrected chi connectivity index (χ2v) is 5.18. The summed E-state index contributed by atoms with van der Waals surface area (Å²) in [6, 6.07) is 4.25. The van der Waals surface area contributed by atoms with Crippen molar-refractivity contribution in [3.8, 4) is 0 Å². The molecule has 0 aliphatic rings. The predicted molar refractivity (Wildman–Crippen MR) is 74.2 cm³/mol. The molecular weight excluding hydrogens is 278 g/mol. The van der Waals surface area contributed by atoms with Gasteiger partial charge < -0.3 is 9.88 Å². The monoisotopic (exact) mass is 293 g/mol. The summed E-state index contributed by atoms with van der Waals surface area (Å²) in [5.74, 6) is 0. The zero-order valence-electron chi connectivity index (χ0n) is 10.3. The lowest BCUT2D eigenvalue weighted by molar-refractivity contribution is 0.836. The molecule has 1 aromatic heterocycles. The molecule has 90 valence electrons. The quantitative estimate of drug-likeness (QED) is 0.940. The second kappa shape index (κ2) is 4.92. The van der Waals surface area contributed by atoms with Crippen LogP contribution in [0.3, 0.4) is 0 Å². The van der Waals surface area contributed by atoms with Crippen molar-refractivity contribution in [2.24, 2.45) is 7.05 Å². The standard InChI is InChI=1S/C13H16BrN3/c1-9-4-11(14)5-10(2)13(9)16-7-12-6-15-8-17(12)3/h4-6,8,16H,7H2,1-3H3. The van der Waals surface area contributed by atoms with Crippen LogP contribution < -0.4 is 5.32 Å². The average Bonchev–Trinajstić information content (AvgIpc) is 2.62. The molecule has 0 saturated heterocycles. The van der Waals surface area contributed by atoms with E-state index in [9.17, 15) is 0 Å². The van der Waals surface area contributed by atoms with Crippen LogP contribution in [0.15, 0.2) is 29.1 Å². The number of anilines is 1. The van der Waals surface area contributed by atoms with Crippen molar-refractivity contribution < 1.29 is 0 Å². The number of benzene rings is 1. The number of aryl methyl sites for hydroxylation is 3. The molecule has 0 atom stereocenters. The highest BCUT2D eigenvalue weighted by Gasteiger charge is 2.05. The van der Waals surface area contributed by atoms with Crippen LogP contribution in [0.2, 0.25) is 0 Å². The molecule has 2 rings (SSSR count). The minimum Gasteiger partial charge on any atom is -0.379 e. The minimum absolute atomic E-state index is 0.791. The van der Waals surface area contributed by atoms with Gasteiger partial charge in [0.1, 0.15) is 0 Å². The zero-order chi connectivity index (χ0) is 12.4. The first-order chi connectivity index (χ1) is 8.08. The molecule has 0 saturated carbocycles. The van der Waals surface area contributed by atoms with Gasteiger partial charge in [-0.15, -0.1) is 0 Å². The molecule has 0 spiro atoms. The van der Waals surface area contributed by atoms with Gasteiger partial charge in [-0.05, 0) is 37.1 Å². The Balaban J connectivity index is 2.17. The molecule has 1 N–H and O–H groups in total. The van der Waals surface area contributed by atoms with Gasteiger partial charge in [0.15, 0.2) is 0 Å². The number of rotatable bonds is 3. The van der Waals surface area contributed by atoms with Crippen LogP contribution in [0.5, 0.6) is 0 Å². The van der Waals surface area contributed by atoms with E-state index >= 15 is 0 Å². The van der Waals surface area contributed by atoms with E-state index in [1.54, 1.807) is 0 Å².